The summed E-state index contributed by atoms with van der Waals surface area (Å²) in [5.41, 5.74) is 4.97. The van der Waals surface area contributed by atoms with Gasteiger partial charge in [0.2, 0.25) is 0 Å². The van der Waals surface area contributed by atoms with Crippen LogP contribution in [0.25, 0.3) is 11.4 Å². The Kier molecular flexibility index (Phi) is 5.86. The molecule has 4 rings (SSSR count). The highest BCUT2D eigenvalue weighted by atomic mass is 32.2. The maximum atomic E-state index is 12.8. The number of carbonyl (C=O) groups is 1. The van der Waals surface area contributed by atoms with E-state index in [9.17, 15) is 4.79 Å². The van der Waals surface area contributed by atoms with E-state index in [4.69, 9.17) is 4.42 Å². The van der Waals surface area contributed by atoms with Gasteiger partial charge >= 0.3 is 0 Å². The van der Waals surface area contributed by atoms with Crippen LogP contribution < -0.4 is 0 Å². The number of hydrogen-bond acceptors (Lipinski definition) is 5. The maximum absolute atomic E-state index is 12.8. The van der Waals surface area contributed by atoms with Crippen LogP contribution in [0.4, 0.5) is 0 Å². The molecule has 0 saturated heterocycles. The molecule has 0 amide bonds. The monoisotopic (exact) mass is 417 g/mol. The molecular weight excluding hydrogens is 394 g/mol. The molecule has 0 atom stereocenters. The second kappa shape index (κ2) is 8.71. The molecule has 0 aliphatic rings. The Balaban J connectivity index is 1.62. The number of nitrogens with zero attached hydrogens (tertiary/aromatic N) is 3. The first kappa shape index (κ1) is 20.2. The number of aromatic nitrogens is 3. The van der Waals surface area contributed by atoms with Gasteiger partial charge in [-0.05, 0) is 50.6 Å². The molecular formula is C24H23N3O2S. The zero-order valence-electron chi connectivity index (χ0n) is 17.3. The summed E-state index contributed by atoms with van der Waals surface area (Å²) in [6, 6.07) is 17.9. The van der Waals surface area contributed by atoms with Crippen molar-refractivity contribution in [2.75, 3.05) is 5.75 Å². The van der Waals surface area contributed by atoms with E-state index >= 15 is 0 Å². The van der Waals surface area contributed by atoms with E-state index in [0.717, 1.165) is 39.4 Å². The van der Waals surface area contributed by atoms with E-state index in [-0.39, 0.29) is 5.78 Å². The Bertz CT molecular complexity index is 1180. The lowest BCUT2D eigenvalue weighted by molar-refractivity contribution is 0.102. The molecule has 2 aromatic carbocycles. The number of carbonyl (C=O) groups excluding carboxylic acids is 1. The highest BCUT2D eigenvalue weighted by molar-refractivity contribution is 7.99. The largest absolute Gasteiger partial charge is 0.467 e. The number of furan rings is 1. The molecule has 152 valence electrons. The molecule has 4 aromatic rings. The van der Waals surface area contributed by atoms with Crippen LogP contribution >= 0.6 is 11.8 Å². The van der Waals surface area contributed by atoms with Gasteiger partial charge in [-0.1, -0.05) is 53.2 Å². The summed E-state index contributed by atoms with van der Waals surface area (Å²) in [7, 11) is 0. The van der Waals surface area contributed by atoms with Crippen molar-refractivity contribution < 1.29 is 9.21 Å². The Morgan fingerprint density at radius 3 is 2.60 bits per heavy atom. The molecule has 0 N–H and O–H groups in total. The summed E-state index contributed by atoms with van der Waals surface area (Å²) in [6.07, 6.45) is 1.66. The second-order valence-electron chi connectivity index (χ2n) is 7.37. The lowest BCUT2D eigenvalue weighted by atomic mass is 10.0. The second-order valence-corrected chi connectivity index (χ2v) is 8.31. The van der Waals surface area contributed by atoms with Crippen molar-refractivity contribution in [3.05, 3.63) is 88.9 Å². The molecule has 0 bridgehead atoms. The van der Waals surface area contributed by atoms with Crippen LogP contribution in [0, 0.1) is 20.8 Å². The SMILES string of the molecule is Cc1cccc(-c2nnc(SCC(=O)c3cc(C)ccc3C)n2Cc2ccco2)c1. The van der Waals surface area contributed by atoms with Crippen LogP contribution in [0.15, 0.2) is 70.4 Å². The van der Waals surface area contributed by atoms with Gasteiger partial charge in [0.15, 0.2) is 16.8 Å². The number of benzene rings is 2. The lowest BCUT2D eigenvalue weighted by Gasteiger charge is -2.10. The van der Waals surface area contributed by atoms with Crippen molar-refractivity contribution in [1.29, 1.82) is 0 Å². The quantitative estimate of drug-likeness (QED) is 0.294. The van der Waals surface area contributed by atoms with Crippen molar-refractivity contribution in [2.24, 2.45) is 0 Å². The van der Waals surface area contributed by atoms with Gasteiger partial charge in [-0.3, -0.25) is 9.36 Å². The van der Waals surface area contributed by atoms with E-state index in [1.807, 2.05) is 60.9 Å². The van der Waals surface area contributed by atoms with Crippen LogP contribution in [0.1, 0.15) is 32.8 Å². The fourth-order valence-electron chi connectivity index (χ4n) is 3.34. The minimum Gasteiger partial charge on any atom is -0.467 e. The maximum Gasteiger partial charge on any atom is 0.192 e. The fourth-order valence-corrected chi connectivity index (χ4v) is 4.16. The molecule has 6 heteroatoms. The summed E-state index contributed by atoms with van der Waals surface area (Å²) in [4.78, 5) is 12.8. The molecule has 2 aromatic heterocycles. The third-order valence-corrected chi connectivity index (χ3v) is 5.88. The van der Waals surface area contributed by atoms with E-state index < -0.39 is 0 Å². The normalized spacial score (nSPS) is 11.0. The predicted molar refractivity (Wildman–Crippen MR) is 119 cm³/mol. The van der Waals surface area contributed by atoms with Gasteiger partial charge in [0.25, 0.3) is 0 Å². The van der Waals surface area contributed by atoms with Crippen molar-refractivity contribution in [2.45, 2.75) is 32.5 Å². The Morgan fingerprint density at radius 2 is 1.83 bits per heavy atom. The molecule has 2 heterocycles. The fraction of sp³-hybridized carbons (Fsp3) is 0.208. The first-order valence-corrected chi connectivity index (χ1v) is 10.8. The summed E-state index contributed by atoms with van der Waals surface area (Å²) in [6.45, 7) is 6.52. The van der Waals surface area contributed by atoms with Crippen LogP contribution in [-0.4, -0.2) is 26.3 Å². The standard InChI is InChI=1S/C24H23N3O2S/c1-16-6-4-7-19(12-16)23-25-26-24(27(23)14-20-8-5-11-29-20)30-15-22(28)21-13-17(2)9-10-18(21)3/h4-13H,14-15H2,1-3H3. The number of hydrogen-bond donors (Lipinski definition) is 0. The average molecular weight is 418 g/mol. The summed E-state index contributed by atoms with van der Waals surface area (Å²) in [5, 5.41) is 9.52. The summed E-state index contributed by atoms with van der Waals surface area (Å²) in [5.74, 6) is 1.96. The van der Waals surface area contributed by atoms with Crippen LogP contribution in [0.5, 0.6) is 0 Å². The average Bonchev–Trinajstić information content (AvgIpc) is 3.38. The van der Waals surface area contributed by atoms with Gasteiger partial charge in [-0.15, -0.1) is 10.2 Å². The minimum atomic E-state index is 0.0888. The number of Topliss-reactive ketones (excluding diaryl/α,β-unsaturated/α-hetero) is 1. The van der Waals surface area contributed by atoms with E-state index in [1.54, 1.807) is 6.26 Å². The van der Waals surface area contributed by atoms with Gasteiger partial charge in [-0.2, -0.15) is 0 Å². The molecule has 0 fully saturated rings. The van der Waals surface area contributed by atoms with Crippen molar-refractivity contribution in [3.63, 3.8) is 0 Å². The van der Waals surface area contributed by atoms with Gasteiger partial charge in [0.1, 0.15) is 5.76 Å². The molecule has 0 saturated carbocycles. The summed E-state index contributed by atoms with van der Waals surface area (Å²) >= 11 is 1.40. The molecule has 0 aliphatic carbocycles. The van der Waals surface area contributed by atoms with Crippen LogP contribution in [-0.2, 0) is 6.54 Å². The minimum absolute atomic E-state index is 0.0888. The molecule has 0 aliphatic heterocycles. The molecule has 30 heavy (non-hydrogen) atoms. The van der Waals surface area contributed by atoms with Crippen LogP contribution in [0.2, 0.25) is 0 Å². The smallest absolute Gasteiger partial charge is 0.192 e. The number of ketones is 1. The van der Waals surface area contributed by atoms with Gasteiger partial charge in [-0.25, -0.2) is 0 Å². The van der Waals surface area contributed by atoms with Crippen molar-refractivity contribution in [1.82, 2.24) is 14.8 Å². The van der Waals surface area contributed by atoms with E-state index in [1.165, 1.54) is 11.8 Å². The van der Waals surface area contributed by atoms with Crippen molar-refractivity contribution in [3.8, 4) is 11.4 Å². The topological polar surface area (TPSA) is 60.9 Å². The van der Waals surface area contributed by atoms with Gasteiger partial charge < -0.3 is 4.42 Å². The van der Waals surface area contributed by atoms with Crippen LogP contribution in [0.3, 0.4) is 0 Å². The zero-order valence-corrected chi connectivity index (χ0v) is 18.1. The predicted octanol–water partition coefficient (Wildman–Crippen LogP) is 5.49. The molecule has 0 radical (unpaired) electrons. The zero-order chi connectivity index (χ0) is 21.1. The van der Waals surface area contributed by atoms with Crippen molar-refractivity contribution >= 4 is 17.5 Å². The first-order chi connectivity index (χ1) is 14.5. The summed E-state index contributed by atoms with van der Waals surface area (Å²) < 4.78 is 7.56. The molecule has 0 unspecified atom stereocenters. The number of aryl methyl sites for hydroxylation is 3. The third kappa shape index (κ3) is 4.39. The Hall–Kier alpha value is -3.12. The number of rotatable bonds is 7. The lowest BCUT2D eigenvalue weighted by Crippen LogP contribution is -2.08. The highest BCUT2D eigenvalue weighted by Gasteiger charge is 2.18. The Labute approximate surface area is 180 Å². The van der Waals surface area contributed by atoms with Gasteiger partial charge in [0.05, 0.1) is 18.6 Å². The van der Waals surface area contributed by atoms with E-state index in [0.29, 0.717) is 17.5 Å². The first-order valence-electron chi connectivity index (χ1n) is 9.77. The van der Waals surface area contributed by atoms with Gasteiger partial charge in [0, 0.05) is 11.1 Å². The molecule has 0 spiro atoms. The third-order valence-electron chi connectivity index (χ3n) is 4.91. The Morgan fingerprint density at radius 1 is 1.00 bits per heavy atom. The number of thioether (sulfide) groups is 1. The van der Waals surface area contributed by atoms with E-state index in [2.05, 4.69) is 29.3 Å². The highest BCUT2D eigenvalue weighted by Crippen LogP contribution is 2.27. The molecule has 5 nitrogen and oxygen atoms in total.